The maximum Gasteiger partial charge on any atom is 0.280 e. The number of hydrogen-bond acceptors (Lipinski definition) is 6. The van der Waals surface area contributed by atoms with E-state index in [0.29, 0.717) is 29.5 Å². The van der Waals surface area contributed by atoms with Crippen molar-refractivity contribution in [3.05, 3.63) is 67.8 Å². The molecule has 0 aromatic heterocycles. The van der Waals surface area contributed by atoms with Crippen LogP contribution in [-0.4, -0.2) is 35.1 Å². The molecule has 0 spiro atoms. The molecule has 2 aromatic carbocycles. The van der Waals surface area contributed by atoms with Crippen LogP contribution >= 0.6 is 0 Å². The Labute approximate surface area is 137 Å². The van der Waals surface area contributed by atoms with Crippen LogP contribution in [0, 0.1) is 20.2 Å². The number of carbonyl (C=O) groups is 1. The molecule has 0 aliphatic rings. The molecule has 24 heavy (non-hydrogen) atoms. The molecule has 0 fully saturated rings. The third-order valence-corrected chi connectivity index (χ3v) is 3.46. The zero-order valence-corrected chi connectivity index (χ0v) is 13.1. The van der Waals surface area contributed by atoms with E-state index >= 15 is 0 Å². The van der Waals surface area contributed by atoms with Crippen LogP contribution in [0.5, 0.6) is 0 Å². The standard InChI is InChI=1S/C16H15N3O5/c1-17(2)9-13-5-3-11(7-15(13)18(21)22)12-4-6-14(10-20)16(8-12)19(23)24/h3-8,10H,9H2,1-2H3. The Morgan fingerprint density at radius 1 is 0.958 bits per heavy atom. The number of aldehydes is 1. The van der Waals surface area contributed by atoms with E-state index in [2.05, 4.69) is 0 Å². The van der Waals surface area contributed by atoms with Crippen molar-refractivity contribution in [2.75, 3.05) is 14.1 Å². The topological polar surface area (TPSA) is 107 Å². The first kappa shape index (κ1) is 17.2. The minimum absolute atomic E-state index is 0.0394. The van der Waals surface area contributed by atoms with Crippen molar-refractivity contribution in [3.63, 3.8) is 0 Å². The van der Waals surface area contributed by atoms with Gasteiger partial charge in [0.1, 0.15) is 0 Å². The molecule has 0 radical (unpaired) electrons. The molecule has 0 atom stereocenters. The van der Waals surface area contributed by atoms with Crippen molar-refractivity contribution in [1.29, 1.82) is 0 Å². The van der Waals surface area contributed by atoms with E-state index in [1.807, 2.05) is 4.90 Å². The number of nitro benzene ring substituents is 2. The molecule has 2 aromatic rings. The van der Waals surface area contributed by atoms with Gasteiger partial charge in [-0.25, -0.2) is 0 Å². The maximum atomic E-state index is 11.3. The average molecular weight is 329 g/mol. The highest BCUT2D eigenvalue weighted by Crippen LogP contribution is 2.31. The molecule has 0 unspecified atom stereocenters. The first-order chi connectivity index (χ1) is 11.3. The Bertz CT molecular complexity index is 817. The summed E-state index contributed by atoms with van der Waals surface area (Å²) in [5.41, 5.74) is 1.04. The highest BCUT2D eigenvalue weighted by molar-refractivity contribution is 5.84. The molecule has 0 saturated carbocycles. The van der Waals surface area contributed by atoms with E-state index in [0.717, 1.165) is 0 Å². The van der Waals surface area contributed by atoms with Gasteiger partial charge in [-0.3, -0.25) is 25.0 Å². The summed E-state index contributed by atoms with van der Waals surface area (Å²) in [4.78, 5) is 33.9. The van der Waals surface area contributed by atoms with Crippen LogP contribution in [0.2, 0.25) is 0 Å². The van der Waals surface area contributed by atoms with Gasteiger partial charge in [-0.2, -0.15) is 0 Å². The summed E-state index contributed by atoms with van der Waals surface area (Å²) in [5, 5.41) is 22.3. The van der Waals surface area contributed by atoms with Gasteiger partial charge in [-0.05, 0) is 31.3 Å². The Morgan fingerprint density at radius 3 is 2.00 bits per heavy atom. The molecule has 0 N–H and O–H groups in total. The Balaban J connectivity index is 2.55. The third kappa shape index (κ3) is 3.61. The van der Waals surface area contributed by atoms with Gasteiger partial charge >= 0.3 is 0 Å². The van der Waals surface area contributed by atoms with Crippen LogP contribution in [0.15, 0.2) is 36.4 Å². The van der Waals surface area contributed by atoms with Crippen LogP contribution in [0.3, 0.4) is 0 Å². The minimum atomic E-state index is -0.651. The summed E-state index contributed by atoms with van der Waals surface area (Å²) in [5.74, 6) is 0. The Hall–Kier alpha value is -3.13. The average Bonchev–Trinajstić information content (AvgIpc) is 2.53. The molecule has 0 amide bonds. The number of nitrogens with zero attached hydrogens (tertiary/aromatic N) is 3. The number of nitro groups is 2. The lowest BCUT2D eigenvalue weighted by atomic mass is 10.00. The zero-order chi connectivity index (χ0) is 17.9. The predicted molar refractivity (Wildman–Crippen MR) is 88.0 cm³/mol. The molecule has 0 heterocycles. The van der Waals surface area contributed by atoms with Gasteiger partial charge in [-0.15, -0.1) is 0 Å². The van der Waals surface area contributed by atoms with Crippen molar-refractivity contribution in [2.24, 2.45) is 0 Å². The molecular weight excluding hydrogens is 314 g/mol. The summed E-state index contributed by atoms with van der Waals surface area (Å²) < 4.78 is 0. The molecular formula is C16H15N3O5. The minimum Gasteiger partial charge on any atom is -0.305 e. The van der Waals surface area contributed by atoms with E-state index in [4.69, 9.17) is 0 Å². The summed E-state index contributed by atoms with van der Waals surface area (Å²) in [6, 6.07) is 8.80. The molecule has 0 aliphatic carbocycles. The van der Waals surface area contributed by atoms with Gasteiger partial charge < -0.3 is 4.90 Å². The highest BCUT2D eigenvalue weighted by atomic mass is 16.6. The van der Waals surface area contributed by atoms with Crippen molar-refractivity contribution in [2.45, 2.75) is 6.54 Å². The number of benzene rings is 2. The van der Waals surface area contributed by atoms with E-state index < -0.39 is 9.85 Å². The van der Waals surface area contributed by atoms with Crippen molar-refractivity contribution >= 4 is 17.7 Å². The summed E-state index contributed by atoms with van der Waals surface area (Å²) in [7, 11) is 3.61. The zero-order valence-electron chi connectivity index (χ0n) is 13.1. The molecule has 8 nitrogen and oxygen atoms in total. The molecule has 2 rings (SSSR count). The van der Waals surface area contributed by atoms with E-state index in [-0.39, 0.29) is 16.9 Å². The monoisotopic (exact) mass is 329 g/mol. The van der Waals surface area contributed by atoms with Gasteiger partial charge in [-0.1, -0.05) is 18.2 Å². The van der Waals surface area contributed by atoms with Gasteiger partial charge in [0.2, 0.25) is 0 Å². The second-order valence-electron chi connectivity index (χ2n) is 5.49. The fraction of sp³-hybridized carbons (Fsp3) is 0.188. The molecule has 0 saturated heterocycles. The van der Waals surface area contributed by atoms with Crippen molar-refractivity contribution in [1.82, 2.24) is 4.90 Å². The van der Waals surface area contributed by atoms with Crippen LogP contribution in [0.4, 0.5) is 11.4 Å². The van der Waals surface area contributed by atoms with Gasteiger partial charge in [0.25, 0.3) is 11.4 Å². The second kappa shape index (κ2) is 6.97. The number of rotatable bonds is 6. The molecule has 8 heteroatoms. The Morgan fingerprint density at radius 2 is 1.50 bits per heavy atom. The molecule has 0 aliphatic heterocycles. The van der Waals surface area contributed by atoms with Crippen LogP contribution in [0.25, 0.3) is 11.1 Å². The summed E-state index contributed by atoms with van der Waals surface area (Å²) >= 11 is 0. The summed E-state index contributed by atoms with van der Waals surface area (Å²) in [6.45, 7) is 0.404. The lowest BCUT2D eigenvalue weighted by Gasteiger charge is -2.11. The SMILES string of the molecule is CN(C)Cc1ccc(-c2ccc(C=O)c([N+](=O)[O-])c2)cc1[N+](=O)[O-]. The van der Waals surface area contributed by atoms with Crippen LogP contribution in [-0.2, 0) is 6.54 Å². The molecule has 0 bridgehead atoms. The number of hydrogen-bond donors (Lipinski definition) is 0. The van der Waals surface area contributed by atoms with E-state index in [1.165, 1.54) is 24.3 Å². The van der Waals surface area contributed by atoms with Crippen molar-refractivity contribution < 1.29 is 14.6 Å². The Kier molecular flexibility index (Phi) is 5.00. The lowest BCUT2D eigenvalue weighted by molar-refractivity contribution is -0.385. The highest BCUT2D eigenvalue weighted by Gasteiger charge is 2.18. The van der Waals surface area contributed by atoms with Crippen molar-refractivity contribution in [3.8, 4) is 11.1 Å². The van der Waals surface area contributed by atoms with Crippen LogP contribution < -0.4 is 0 Å². The fourth-order valence-corrected chi connectivity index (χ4v) is 2.37. The van der Waals surface area contributed by atoms with Gasteiger partial charge in [0.15, 0.2) is 6.29 Å². The first-order valence-corrected chi connectivity index (χ1v) is 6.99. The van der Waals surface area contributed by atoms with E-state index in [9.17, 15) is 25.0 Å². The van der Waals surface area contributed by atoms with Crippen LogP contribution in [0.1, 0.15) is 15.9 Å². The summed E-state index contributed by atoms with van der Waals surface area (Å²) in [6.07, 6.45) is 0.407. The molecule has 124 valence electrons. The van der Waals surface area contributed by atoms with Gasteiger partial charge in [0.05, 0.1) is 15.4 Å². The van der Waals surface area contributed by atoms with E-state index in [1.54, 1.807) is 26.2 Å². The lowest BCUT2D eigenvalue weighted by Crippen LogP contribution is -2.12. The fourth-order valence-electron chi connectivity index (χ4n) is 2.37. The largest absolute Gasteiger partial charge is 0.305 e. The maximum absolute atomic E-state index is 11.3. The first-order valence-electron chi connectivity index (χ1n) is 6.99. The predicted octanol–water partition coefficient (Wildman–Crippen LogP) is 3.04. The number of carbonyl (C=O) groups excluding carboxylic acids is 1. The van der Waals surface area contributed by atoms with Gasteiger partial charge in [0, 0.05) is 24.2 Å². The quantitative estimate of drug-likeness (QED) is 0.458. The smallest absolute Gasteiger partial charge is 0.280 e. The third-order valence-electron chi connectivity index (χ3n) is 3.46. The normalized spacial score (nSPS) is 10.6. The second-order valence-corrected chi connectivity index (χ2v) is 5.49.